The lowest BCUT2D eigenvalue weighted by atomic mass is 9.66. The molecule has 3 nitrogen and oxygen atoms in total. The summed E-state index contributed by atoms with van der Waals surface area (Å²) < 4.78 is 0. The third-order valence-corrected chi connectivity index (χ3v) is 12.8. The zero-order valence-electron chi connectivity index (χ0n) is 31.3. The van der Waals surface area contributed by atoms with Crippen LogP contribution in [0.3, 0.4) is 0 Å². The summed E-state index contributed by atoms with van der Waals surface area (Å²) >= 11 is 1.85. The quantitative estimate of drug-likeness (QED) is 0.175. The molecule has 270 valence electrons. The van der Waals surface area contributed by atoms with E-state index >= 15 is 0 Å². The highest BCUT2D eigenvalue weighted by molar-refractivity contribution is 7.99. The first kappa shape index (κ1) is 34.0. The molecule has 9 aromatic rings. The summed E-state index contributed by atoms with van der Waals surface area (Å²) in [6.45, 7) is 0. The first-order valence-electron chi connectivity index (χ1n) is 19.4. The van der Waals surface area contributed by atoms with Gasteiger partial charge in [-0.05, 0) is 98.1 Å². The number of nitriles is 1. The van der Waals surface area contributed by atoms with E-state index in [-0.39, 0.29) is 0 Å². The monoisotopic (exact) mass is 755 g/mol. The number of nitrogens with zero attached hydrogens (tertiary/aromatic N) is 3. The molecule has 1 spiro atoms. The van der Waals surface area contributed by atoms with Crippen molar-refractivity contribution in [3.8, 4) is 73.4 Å². The Kier molecular flexibility index (Phi) is 8.03. The molecular weight excluding hydrogens is 723 g/mol. The normalized spacial score (nSPS) is 14.5. The van der Waals surface area contributed by atoms with Crippen molar-refractivity contribution in [3.63, 3.8) is 0 Å². The fraction of sp³-hybridized carbons (Fsp3) is 0.0185. The van der Waals surface area contributed by atoms with Crippen LogP contribution in [0.4, 0.5) is 0 Å². The topological polar surface area (TPSA) is 49.6 Å². The standard InChI is InChI=1S/C54H33N3S/c55-34-35-19-21-36(22-20-35)42-28-30-52-48(32-42)54(46-17-9-10-18-51(46)58-52)45-16-8-7-15-43(45)44-29-27-41(31-47(44)54)37-23-25-40(26-24-37)53-56-49(38-11-3-1-4-12-38)33-50(57-53)39-13-5-2-6-14-39/h1-33H. The molecule has 1 unspecified atom stereocenters. The van der Waals surface area contributed by atoms with Gasteiger partial charge in [0, 0.05) is 26.5 Å². The molecule has 0 saturated heterocycles. The summed E-state index contributed by atoms with van der Waals surface area (Å²) in [5, 5.41) is 9.49. The van der Waals surface area contributed by atoms with Crippen LogP contribution >= 0.6 is 11.8 Å². The molecule has 1 atom stereocenters. The predicted octanol–water partition coefficient (Wildman–Crippen LogP) is 13.5. The molecule has 0 amide bonds. The Labute approximate surface area is 342 Å². The highest BCUT2D eigenvalue weighted by Gasteiger charge is 2.50. The summed E-state index contributed by atoms with van der Waals surface area (Å²) in [4.78, 5) is 12.7. The van der Waals surface area contributed by atoms with Crippen LogP contribution in [0, 0.1) is 11.3 Å². The van der Waals surface area contributed by atoms with E-state index < -0.39 is 5.41 Å². The van der Waals surface area contributed by atoms with Gasteiger partial charge in [0.2, 0.25) is 0 Å². The van der Waals surface area contributed by atoms with Crippen LogP contribution in [0.25, 0.3) is 67.3 Å². The zero-order valence-corrected chi connectivity index (χ0v) is 32.1. The van der Waals surface area contributed by atoms with Gasteiger partial charge in [-0.3, -0.25) is 0 Å². The largest absolute Gasteiger partial charge is 0.228 e. The smallest absolute Gasteiger partial charge is 0.160 e. The average molecular weight is 756 g/mol. The predicted molar refractivity (Wildman–Crippen MR) is 235 cm³/mol. The lowest BCUT2D eigenvalue weighted by Gasteiger charge is -2.40. The summed E-state index contributed by atoms with van der Waals surface area (Å²) in [6.07, 6.45) is 0. The molecule has 1 aliphatic carbocycles. The van der Waals surface area contributed by atoms with Crippen molar-refractivity contribution in [2.45, 2.75) is 15.2 Å². The van der Waals surface area contributed by atoms with E-state index in [9.17, 15) is 5.26 Å². The number of hydrogen-bond acceptors (Lipinski definition) is 4. The lowest BCUT2D eigenvalue weighted by molar-refractivity contribution is 0.723. The maximum absolute atomic E-state index is 9.49. The van der Waals surface area contributed by atoms with Crippen LogP contribution in [0.5, 0.6) is 0 Å². The molecule has 1 aromatic heterocycles. The van der Waals surface area contributed by atoms with E-state index in [1.54, 1.807) is 0 Å². The Morgan fingerprint density at radius 3 is 1.55 bits per heavy atom. The minimum atomic E-state index is -0.527. The van der Waals surface area contributed by atoms with Crippen molar-refractivity contribution < 1.29 is 0 Å². The first-order chi connectivity index (χ1) is 28.7. The zero-order chi connectivity index (χ0) is 38.6. The van der Waals surface area contributed by atoms with Crippen molar-refractivity contribution in [2.75, 3.05) is 0 Å². The molecule has 1 aliphatic heterocycles. The highest BCUT2D eigenvalue weighted by atomic mass is 32.2. The van der Waals surface area contributed by atoms with Crippen molar-refractivity contribution in [1.29, 1.82) is 5.26 Å². The second kappa shape index (κ2) is 13.7. The van der Waals surface area contributed by atoms with Gasteiger partial charge in [0.15, 0.2) is 5.82 Å². The average Bonchev–Trinajstić information content (AvgIpc) is 3.59. The SMILES string of the molecule is N#Cc1ccc(-c2ccc3c(c2)C2(c4ccccc4S3)c3ccccc3-c3ccc(-c4ccc(-c5nc(-c6ccccc6)cc(-c6ccccc6)n5)cc4)cc32)cc1. The maximum Gasteiger partial charge on any atom is 0.160 e. The molecule has 2 aliphatic rings. The number of hydrogen-bond donors (Lipinski definition) is 0. The van der Waals surface area contributed by atoms with E-state index in [2.05, 4.69) is 158 Å². The van der Waals surface area contributed by atoms with Crippen LogP contribution < -0.4 is 0 Å². The number of fused-ring (bicyclic) bond motifs is 9. The van der Waals surface area contributed by atoms with Gasteiger partial charge in [-0.25, -0.2) is 9.97 Å². The second-order valence-corrected chi connectivity index (χ2v) is 15.9. The van der Waals surface area contributed by atoms with Crippen molar-refractivity contribution in [2.24, 2.45) is 0 Å². The second-order valence-electron chi connectivity index (χ2n) is 14.8. The summed E-state index contributed by atoms with van der Waals surface area (Å²) in [6, 6.07) is 73.3. The van der Waals surface area contributed by atoms with Crippen LogP contribution in [-0.2, 0) is 5.41 Å². The van der Waals surface area contributed by atoms with Gasteiger partial charge in [-0.15, -0.1) is 0 Å². The Morgan fingerprint density at radius 2 is 0.879 bits per heavy atom. The molecule has 8 aromatic carbocycles. The Bertz CT molecular complexity index is 3020. The summed E-state index contributed by atoms with van der Waals surface area (Å²) in [5.41, 5.74) is 17.2. The van der Waals surface area contributed by atoms with Gasteiger partial charge < -0.3 is 0 Å². The van der Waals surface area contributed by atoms with Crippen molar-refractivity contribution >= 4 is 11.8 Å². The molecule has 0 fully saturated rings. The van der Waals surface area contributed by atoms with Crippen LogP contribution in [0.2, 0.25) is 0 Å². The summed E-state index contributed by atoms with van der Waals surface area (Å²) in [5.74, 6) is 0.695. The third kappa shape index (κ3) is 5.44. The maximum atomic E-state index is 9.49. The van der Waals surface area contributed by atoms with Crippen molar-refractivity contribution in [1.82, 2.24) is 9.97 Å². The summed E-state index contributed by atoms with van der Waals surface area (Å²) in [7, 11) is 0. The fourth-order valence-corrected chi connectivity index (χ4v) is 10.1. The Morgan fingerprint density at radius 1 is 0.379 bits per heavy atom. The van der Waals surface area contributed by atoms with Crippen molar-refractivity contribution in [3.05, 3.63) is 228 Å². The minimum absolute atomic E-state index is 0.527. The minimum Gasteiger partial charge on any atom is -0.228 e. The van der Waals surface area contributed by atoms with Crippen LogP contribution in [0.1, 0.15) is 27.8 Å². The van der Waals surface area contributed by atoms with E-state index in [4.69, 9.17) is 9.97 Å². The van der Waals surface area contributed by atoms with E-state index in [0.717, 1.165) is 50.3 Å². The van der Waals surface area contributed by atoms with Gasteiger partial charge in [-0.2, -0.15) is 5.26 Å². The van der Waals surface area contributed by atoms with Crippen LogP contribution in [0.15, 0.2) is 210 Å². The van der Waals surface area contributed by atoms with Gasteiger partial charge in [0.05, 0.1) is 28.4 Å². The number of benzene rings is 8. The molecule has 0 bridgehead atoms. The molecule has 4 heteroatoms. The molecule has 2 heterocycles. The number of aromatic nitrogens is 2. The van der Waals surface area contributed by atoms with E-state index in [1.165, 1.54) is 43.2 Å². The van der Waals surface area contributed by atoms with Gasteiger partial charge in [0.1, 0.15) is 0 Å². The highest BCUT2D eigenvalue weighted by Crippen LogP contribution is 2.62. The molecule has 0 saturated carbocycles. The Balaban J connectivity index is 1.06. The Hall–Kier alpha value is -7.32. The van der Waals surface area contributed by atoms with E-state index in [1.807, 2.05) is 60.3 Å². The number of rotatable bonds is 5. The molecule has 58 heavy (non-hydrogen) atoms. The molecule has 11 rings (SSSR count). The molecular formula is C54H33N3S. The third-order valence-electron chi connectivity index (χ3n) is 11.6. The molecule has 0 radical (unpaired) electrons. The first-order valence-corrected chi connectivity index (χ1v) is 20.3. The van der Waals surface area contributed by atoms with E-state index in [0.29, 0.717) is 11.4 Å². The van der Waals surface area contributed by atoms with Gasteiger partial charge >= 0.3 is 0 Å². The van der Waals surface area contributed by atoms with Gasteiger partial charge in [0.25, 0.3) is 0 Å². The van der Waals surface area contributed by atoms with Gasteiger partial charge in [-0.1, -0.05) is 169 Å². The molecule has 0 N–H and O–H groups in total. The fourth-order valence-electron chi connectivity index (χ4n) is 8.90. The lowest BCUT2D eigenvalue weighted by Crippen LogP contribution is -2.32. The van der Waals surface area contributed by atoms with Crippen LogP contribution in [-0.4, -0.2) is 9.97 Å².